The maximum Gasteiger partial charge on any atom is 0.240 e. The lowest BCUT2D eigenvalue weighted by Gasteiger charge is -2.05. The fourth-order valence-corrected chi connectivity index (χ4v) is 2.35. The van der Waals surface area contributed by atoms with Crippen molar-refractivity contribution < 1.29 is 4.52 Å². The van der Waals surface area contributed by atoms with Crippen molar-refractivity contribution in [2.75, 3.05) is 0 Å². The quantitative estimate of drug-likeness (QED) is 0.756. The number of nitrogens with one attached hydrogen (secondary N) is 1. The first-order valence-electron chi connectivity index (χ1n) is 7.50. The molecule has 22 heavy (non-hydrogen) atoms. The van der Waals surface area contributed by atoms with Gasteiger partial charge in [-0.2, -0.15) is 10.1 Å². The fourth-order valence-electron chi connectivity index (χ4n) is 2.35. The van der Waals surface area contributed by atoms with Crippen molar-refractivity contribution in [3.05, 3.63) is 60.0 Å². The summed E-state index contributed by atoms with van der Waals surface area (Å²) in [7, 11) is 0. The zero-order valence-electron chi connectivity index (χ0n) is 12.1. The first kappa shape index (κ1) is 13.2. The summed E-state index contributed by atoms with van der Waals surface area (Å²) in [5.41, 5.74) is 2.26. The summed E-state index contributed by atoms with van der Waals surface area (Å²) >= 11 is 0. The van der Waals surface area contributed by atoms with Crippen molar-refractivity contribution in [2.45, 2.75) is 31.8 Å². The van der Waals surface area contributed by atoms with Crippen LogP contribution in [0.5, 0.6) is 0 Å². The normalized spacial score (nSPS) is 14.4. The van der Waals surface area contributed by atoms with Crippen molar-refractivity contribution in [3.8, 4) is 5.69 Å². The van der Waals surface area contributed by atoms with E-state index in [1.54, 1.807) is 6.20 Å². The molecule has 1 aliphatic carbocycles. The number of rotatable bonds is 6. The first-order valence-corrected chi connectivity index (χ1v) is 7.50. The lowest BCUT2D eigenvalue weighted by molar-refractivity contribution is 0.362. The van der Waals surface area contributed by atoms with Crippen molar-refractivity contribution in [1.82, 2.24) is 25.2 Å². The summed E-state index contributed by atoms with van der Waals surface area (Å²) in [5.74, 6) is 2.06. The maximum absolute atomic E-state index is 5.24. The highest BCUT2D eigenvalue weighted by molar-refractivity contribution is 5.33. The van der Waals surface area contributed by atoms with Crippen LogP contribution >= 0.6 is 0 Å². The van der Waals surface area contributed by atoms with Gasteiger partial charge in [-0.05, 0) is 36.6 Å². The lowest BCUT2D eigenvalue weighted by atomic mass is 10.2. The second-order valence-corrected chi connectivity index (χ2v) is 5.54. The Hall–Kier alpha value is -2.47. The Morgan fingerprint density at radius 1 is 1.18 bits per heavy atom. The number of hydrogen-bond donors (Lipinski definition) is 1. The van der Waals surface area contributed by atoms with Crippen LogP contribution in [0.15, 0.2) is 47.2 Å². The third-order valence-corrected chi connectivity index (χ3v) is 3.74. The van der Waals surface area contributed by atoms with E-state index in [0.29, 0.717) is 18.4 Å². The molecule has 1 N–H and O–H groups in total. The summed E-state index contributed by atoms with van der Waals surface area (Å²) in [5, 5.41) is 11.5. The van der Waals surface area contributed by atoms with Crippen LogP contribution in [0.4, 0.5) is 0 Å². The monoisotopic (exact) mass is 295 g/mol. The largest absolute Gasteiger partial charge is 0.338 e. The lowest BCUT2D eigenvalue weighted by Crippen LogP contribution is -2.13. The molecule has 1 aromatic carbocycles. The van der Waals surface area contributed by atoms with Crippen molar-refractivity contribution in [2.24, 2.45) is 0 Å². The van der Waals surface area contributed by atoms with Gasteiger partial charge in [0.05, 0.1) is 12.2 Å². The fraction of sp³-hybridized carbons (Fsp3) is 0.312. The Bertz CT molecular complexity index is 728. The molecule has 2 heterocycles. The highest BCUT2D eigenvalue weighted by Gasteiger charge is 2.28. The van der Waals surface area contributed by atoms with Gasteiger partial charge in [0.25, 0.3) is 0 Å². The molecule has 1 aliphatic rings. The van der Waals surface area contributed by atoms with E-state index < -0.39 is 0 Å². The summed E-state index contributed by atoms with van der Waals surface area (Å²) < 4.78 is 7.08. The summed E-state index contributed by atoms with van der Waals surface area (Å²) in [6.07, 6.45) is 6.08. The van der Waals surface area contributed by atoms with Gasteiger partial charge in [0.1, 0.15) is 0 Å². The van der Waals surface area contributed by atoms with Gasteiger partial charge >= 0.3 is 0 Å². The van der Waals surface area contributed by atoms with Crippen LogP contribution in [0.25, 0.3) is 5.69 Å². The summed E-state index contributed by atoms with van der Waals surface area (Å²) in [4.78, 5) is 4.40. The molecule has 0 saturated heterocycles. The van der Waals surface area contributed by atoms with E-state index in [0.717, 1.165) is 18.1 Å². The topological polar surface area (TPSA) is 68.8 Å². The summed E-state index contributed by atoms with van der Waals surface area (Å²) in [6.45, 7) is 1.36. The third-order valence-electron chi connectivity index (χ3n) is 3.74. The predicted molar refractivity (Wildman–Crippen MR) is 80.4 cm³/mol. The van der Waals surface area contributed by atoms with Crippen molar-refractivity contribution >= 4 is 0 Å². The molecular weight excluding hydrogens is 278 g/mol. The molecule has 4 rings (SSSR count). The van der Waals surface area contributed by atoms with Gasteiger partial charge in [-0.25, -0.2) is 4.68 Å². The molecule has 0 radical (unpaired) electrons. The molecule has 6 heteroatoms. The summed E-state index contributed by atoms with van der Waals surface area (Å²) in [6, 6.07) is 10.2. The molecule has 1 fully saturated rings. The van der Waals surface area contributed by atoms with Crippen LogP contribution in [-0.4, -0.2) is 19.9 Å². The van der Waals surface area contributed by atoms with E-state index in [1.165, 1.54) is 18.4 Å². The molecule has 0 unspecified atom stereocenters. The van der Waals surface area contributed by atoms with Crippen LogP contribution in [-0.2, 0) is 13.1 Å². The molecule has 2 aromatic heterocycles. The van der Waals surface area contributed by atoms with Gasteiger partial charge in [-0.15, -0.1) is 0 Å². The minimum absolute atomic E-state index is 0.535. The second kappa shape index (κ2) is 5.73. The second-order valence-electron chi connectivity index (χ2n) is 5.54. The third kappa shape index (κ3) is 2.92. The highest BCUT2D eigenvalue weighted by Crippen LogP contribution is 2.38. The van der Waals surface area contributed by atoms with Gasteiger partial charge in [0.15, 0.2) is 5.82 Å². The van der Waals surface area contributed by atoms with Crippen LogP contribution in [0.2, 0.25) is 0 Å². The Kier molecular flexibility index (Phi) is 3.44. The zero-order valence-corrected chi connectivity index (χ0v) is 12.1. The van der Waals surface area contributed by atoms with E-state index in [9.17, 15) is 0 Å². The minimum Gasteiger partial charge on any atom is -0.338 e. The Morgan fingerprint density at radius 3 is 2.77 bits per heavy atom. The number of benzene rings is 1. The van der Waals surface area contributed by atoms with Gasteiger partial charge in [-0.3, -0.25) is 0 Å². The SMILES string of the molecule is c1cnn(-c2ccc(CNCc3nc(C4CC4)no3)cc2)c1. The molecule has 1 saturated carbocycles. The molecular formula is C16H17N5O. The van der Waals surface area contributed by atoms with E-state index in [1.807, 2.05) is 16.9 Å². The van der Waals surface area contributed by atoms with Gasteiger partial charge in [0.2, 0.25) is 5.89 Å². The van der Waals surface area contributed by atoms with Gasteiger partial charge in [0, 0.05) is 24.9 Å². The van der Waals surface area contributed by atoms with Crippen molar-refractivity contribution in [1.29, 1.82) is 0 Å². The standard InChI is InChI=1S/C16H17N5O/c1-8-18-21(9-1)14-6-2-12(3-7-14)10-17-11-15-19-16(20-22-15)13-4-5-13/h1-3,6-9,13,17H,4-5,10-11H2. The van der Waals surface area contributed by atoms with Crippen LogP contribution in [0.1, 0.15) is 36.0 Å². The van der Waals surface area contributed by atoms with Crippen LogP contribution in [0, 0.1) is 0 Å². The maximum atomic E-state index is 5.24. The van der Waals surface area contributed by atoms with E-state index in [2.05, 4.69) is 44.8 Å². The number of nitrogens with zero attached hydrogens (tertiary/aromatic N) is 4. The smallest absolute Gasteiger partial charge is 0.240 e. The molecule has 112 valence electrons. The van der Waals surface area contributed by atoms with Gasteiger partial charge in [-0.1, -0.05) is 17.3 Å². The highest BCUT2D eigenvalue weighted by atomic mass is 16.5. The average Bonchev–Trinajstić information content (AvgIpc) is 3.06. The molecule has 0 aliphatic heterocycles. The average molecular weight is 295 g/mol. The molecule has 0 amide bonds. The van der Waals surface area contributed by atoms with Gasteiger partial charge < -0.3 is 9.84 Å². The number of aromatic nitrogens is 4. The Labute approximate surface area is 128 Å². The minimum atomic E-state index is 0.535. The molecule has 0 spiro atoms. The van der Waals surface area contributed by atoms with Crippen LogP contribution < -0.4 is 5.32 Å². The van der Waals surface area contributed by atoms with Crippen LogP contribution in [0.3, 0.4) is 0 Å². The zero-order chi connectivity index (χ0) is 14.8. The Balaban J connectivity index is 1.31. The van der Waals surface area contributed by atoms with E-state index in [-0.39, 0.29) is 0 Å². The molecule has 0 atom stereocenters. The van der Waals surface area contributed by atoms with E-state index in [4.69, 9.17) is 4.52 Å². The van der Waals surface area contributed by atoms with E-state index >= 15 is 0 Å². The molecule has 0 bridgehead atoms. The Morgan fingerprint density at radius 2 is 2.05 bits per heavy atom. The number of hydrogen-bond acceptors (Lipinski definition) is 5. The molecule has 6 nitrogen and oxygen atoms in total. The molecule has 3 aromatic rings. The predicted octanol–water partition coefficient (Wildman–Crippen LogP) is 2.42. The first-order chi connectivity index (χ1) is 10.9. The van der Waals surface area contributed by atoms with Crippen molar-refractivity contribution in [3.63, 3.8) is 0 Å².